The summed E-state index contributed by atoms with van der Waals surface area (Å²) in [5.74, 6) is -1.79. The second kappa shape index (κ2) is 3.52. The first-order valence-electron chi connectivity index (χ1n) is 4.01. The number of aldehydes is 1. The van der Waals surface area contributed by atoms with Gasteiger partial charge in [-0.3, -0.25) is 4.79 Å². The zero-order valence-electron chi connectivity index (χ0n) is 6.93. The lowest BCUT2D eigenvalue weighted by Gasteiger charge is -2.25. The third kappa shape index (κ3) is 1.55. The Morgan fingerprint density at radius 3 is 2.75 bits per heavy atom. The van der Waals surface area contributed by atoms with Crippen molar-refractivity contribution in [2.45, 2.75) is 13.3 Å². The zero-order valence-corrected chi connectivity index (χ0v) is 6.93. The second-order valence-electron chi connectivity index (χ2n) is 3.19. The molecular formula is C9H12O3. The van der Waals surface area contributed by atoms with Crippen molar-refractivity contribution in [2.24, 2.45) is 17.8 Å². The fourth-order valence-corrected chi connectivity index (χ4v) is 1.65. The molecule has 12 heavy (non-hydrogen) atoms. The lowest BCUT2D eigenvalue weighted by Crippen LogP contribution is -2.31. The summed E-state index contributed by atoms with van der Waals surface area (Å²) in [4.78, 5) is 21.3. The molecule has 0 radical (unpaired) electrons. The molecule has 0 aromatic rings. The Morgan fingerprint density at radius 1 is 1.67 bits per heavy atom. The van der Waals surface area contributed by atoms with Crippen LogP contribution in [0, 0.1) is 17.8 Å². The molecule has 1 aliphatic rings. The minimum atomic E-state index is -0.871. The van der Waals surface area contributed by atoms with Crippen molar-refractivity contribution in [3.63, 3.8) is 0 Å². The van der Waals surface area contributed by atoms with Crippen LogP contribution in [-0.4, -0.2) is 17.4 Å². The number of aliphatic carboxylic acids is 1. The van der Waals surface area contributed by atoms with Gasteiger partial charge in [-0.05, 0) is 12.3 Å². The smallest absolute Gasteiger partial charge is 0.307 e. The number of carbonyl (C=O) groups is 2. The minimum absolute atomic E-state index is 0.0357. The summed E-state index contributed by atoms with van der Waals surface area (Å²) < 4.78 is 0. The van der Waals surface area contributed by atoms with Crippen molar-refractivity contribution in [1.82, 2.24) is 0 Å². The minimum Gasteiger partial charge on any atom is -0.481 e. The van der Waals surface area contributed by atoms with E-state index < -0.39 is 11.9 Å². The summed E-state index contributed by atoms with van der Waals surface area (Å²) in [5, 5.41) is 8.82. The van der Waals surface area contributed by atoms with Crippen LogP contribution in [0.4, 0.5) is 0 Å². The van der Waals surface area contributed by atoms with Crippen molar-refractivity contribution in [1.29, 1.82) is 0 Å². The van der Waals surface area contributed by atoms with Crippen LogP contribution in [-0.2, 0) is 9.59 Å². The van der Waals surface area contributed by atoms with E-state index in [4.69, 9.17) is 5.11 Å². The highest BCUT2D eigenvalue weighted by atomic mass is 16.4. The SMILES string of the molecule is C[C@H]1C=CC[C@@H](C=O)[C@H]1C(=O)O. The molecule has 0 aromatic carbocycles. The molecule has 66 valence electrons. The third-order valence-electron chi connectivity index (χ3n) is 2.34. The van der Waals surface area contributed by atoms with Crippen molar-refractivity contribution in [3.8, 4) is 0 Å². The lowest BCUT2D eigenvalue weighted by molar-refractivity contribution is -0.146. The molecule has 3 nitrogen and oxygen atoms in total. The van der Waals surface area contributed by atoms with E-state index in [9.17, 15) is 9.59 Å². The van der Waals surface area contributed by atoms with Crippen LogP contribution < -0.4 is 0 Å². The standard InChI is InChI=1S/C9H12O3/c1-6-3-2-4-7(5-10)8(6)9(11)12/h2-3,5-8H,4H2,1H3,(H,11,12)/t6-,7-,8-/m0/s1. The van der Waals surface area contributed by atoms with Crippen LogP contribution in [0.1, 0.15) is 13.3 Å². The van der Waals surface area contributed by atoms with E-state index in [2.05, 4.69) is 0 Å². The Morgan fingerprint density at radius 2 is 2.33 bits per heavy atom. The Hall–Kier alpha value is -1.12. The van der Waals surface area contributed by atoms with E-state index >= 15 is 0 Å². The maximum absolute atomic E-state index is 10.7. The Bertz CT molecular complexity index is 220. The van der Waals surface area contributed by atoms with Gasteiger partial charge in [0, 0.05) is 5.92 Å². The molecule has 0 heterocycles. The molecule has 0 amide bonds. The molecule has 0 saturated heterocycles. The molecule has 1 aliphatic carbocycles. The van der Waals surface area contributed by atoms with Gasteiger partial charge in [0.05, 0.1) is 5.92 Å². The van der Waals surface area contributed by atoms with Gasteiger partial charge in [0.15, 0.2) is 0 Å². The molecule has 0 spiro atoms. The normalized spacial score (nSPS) is 34.6. The number of hydrogen-bond acceptors (Lipinski definition) is 2. The third-order valence-corrected chi connectivity index (χ3v) is 2.34. The van der Waals surface area contributed by atoms with E-state index in [1.807, 2.05) is 19.1 Å². The monoisotopic (exact) mass is 168 g/mol. The second-order valence-corrected chi connectivity index (χ2v) is 3.19. The Labute approximate surface area is 71.1 Å². The first kappa shape index (κ1) is 8.97. The summed E-state index contributed by atoms with van der Waals surface area (Å²) >= 11 is 0. The summed E-state index contributed by atoms with van der Waals surface area (Å²) in [6.07, 6.45) is 5.05. The predicted octanol–water partition coefficient (Wildman–Crippen LogP) is 1.10. The fourth-order valence-electron chi connectivity index (χ4n) is 1.65. The average molecular weight is 168 g/mol. The maximum Gasteiger partial charge on any atom is 0.307 e. The van der Waals surface area contributed by atoms with Gasteiger partial charge >= 0.3 is 5.97 Å². The highest BCUT2D eigenvalue weighted by Crippen LogP contribution is 2.28. The van der Waals surface area contributed by atoms with Crippen molar-refractivity contribution in [3.05, 3.63) is 12.2 Å². The molecule has 0 fully saturated rings. The topological polar surface area (TPSA) is 54.4 Å². The van der Waals surface area contributed by atoms with Crippen LogP contribution >= 0.6 is 0 Å². The Balaban J connectivity index is 2.83. The van der Waals surface area contributed by atoms with Gasteiger partial charge in [-0.15, -0.1) is 0 Å². The summed E-state index contributed by atoms with van der Waals surface area (Å²) in [6, 6.07) is 0. The zero-order chi connectivity index (χ0) is 9.14. The van der Waals surface area contributed by atoms with Gasteiger partial charge < -0.3 is 9.90 Å². The molecule has 0 saturated carbocycles. The summed E-state index contributed by atoms with van der Waals surface area (Å²) in [7, 11) is 0. The predicted molar refractivity (Wildman–Crippen MR) is 43.6 cm³/mol. The molecule has 1 N–H and O–H groups in total. The van der Waals surface area contributed by atoms with Crippen LogP contribution in [0.2, 0.25) is 0 Å². The van der Waals surface area contributed by atoms with E-state index in [1.165, 1.54) is 0 Å². The van der Waals surface area contributed by atoms with Gasteiger partial charge in [0.25, 0.3) is 0 Å². The number of carboxylic acid groups (broad SMARTS) is 1. The molecule has 0 unspecified atom stereocenters. The number of rotatable bonds is 2. The van der Waals surface area contributed by atoms with E-state index in [-0.39, 0.29) is 11.8 Å². The highest BCUT2D eigenvalue weighted by molar-refractivity contribution is 5.76. The van der Waals surface area contributed by atoms with E-state index in [0.717, 1.165) is 6.29 Å². The lowest BCUT2D eigenvalue weighted by atomic mass is 9.77. The summed E-state index contributed by atoms with van der Waals surface area (Å²) in [6.45, 7) is 1.82. The summed E-state index contributed by atoms with van der Waals surface area (Å²) in [5.41, 5.74) is 0. The highest BCUT2D eigenvalue weighted by Gasteiger charge is 2.33. The van der Waals surface area contributed by atoms with E-state index in [1.54, 1.807) is 0 Å². The quantitative estimate of drug-likeness (QED) is 0.496. The van der Waals surface area contributed by atoms with Crippen LogP contribution in [0.5, 0.6) is 0 Å². The van der Waals surface area contributed by atoms with Gasteiger partial charge in [0.2, 0.25) is 0 Å². The van der Waals surface area contributed by atoms with Crippen LogP contribution in [0.3, 0.4) is 0 Å². The van der Waals surface area contributed by atoms with Crippen molar-refractivity contribution < 1.29 is 14.7 Å². The largest absolute Gasteiger partial charge is 0.481 e. The molecule has 0 bridgehead atoms. The molecule has 1 rings (SSSR count). The number of hydrogen-bond donors (Lipinski definition) is 1. The van der Waals surface area contributed by atoms with Crippen LogP contribution in [0.25, 0.3) is 0 Å². The molecule has 0 aliphatic heterocycles. The van der Waals surface area contributed by atoms with Crippen LogP contribution in [0.15, 0.2) is 12.2 Å². The van der Waals surface area contributed by atoms with Crippen molar-refractivity contribution in [2.75, 3.05) is 0 Å². The van der Waals surface area contributed by atoms with Gasteiger partial charge in [0.1, 0.15) is 6.29 Å². The maximum atomic E-state index is 10.7. The molecule has 3 atom stereocenters. The fraction of sp³-hybridized carbons (Fsp3) is 0.556. The number of allylic oxidation sites excluding steroid dienone is 2. The average Bonchev–Trinajstić information content (AvgIpc) is 2.03. The van der Waals surface area contributed by atoms with Gasteiger partial charge in [-0.1, -0.05) is 19.1 Å². The van der Waals surface area contributed by atoms with Gasteiger partial charge in [-0.2, -0.15) is 0 Å². The molecule has 0 aromatic heterocycles. The molecular weight excluding hydrogens is 156 g/mol. The van der Waals surface area contributed by atoms with Crippen molar-refractivity contribution >= 4 is 12.3 Å². The van der Waals surface area contributed by atoms with E-state index in [0.29, 0.717) is 6.42 Å². The van der Waals surface area contributed by atoms with Gasteiger partial charge in [-0.25, -0.2) is 0 Å². The Kier molecular flexibility index (Phi) is 2.63. The molecule has 3 heteroatoms. The first-order chi connectivity index (χ1) is 5.66. The first-order valence-corrected chi connectivity index (χ1v) is 4.01. The number of carboxylic acids is 1. The number of carbonyl (C=O) groups excluding carboxylic acids is 1.